The third kappa shape index (κ3) is 5.07. The highest BCUT2D eigenvalue weighted by molar-refractivity contribution is 7.80. The minimum Gasteiger partial charge on any atom is -0.466 e. The zero-order chi connectivity index (χ0) is 20.4. The summed E-state index contributed by atoms with van der Waals surface area (Å²) in [4.78, 5) is 26.2. The fourth-order valence-corrected chi connectivity index (χ4v) is 3.16. The summed E-state index contributed by atoms with van der Waals surface area (Å²) >= 11 is 5.36. The molecule has 1 aliphatic rings. The Morgan fingerprint density at radius 3 is 2.37 bits per heavy atom. The molecule has 2 rings (SSSR count). The van der Waals surface area contributed by atoms with E-state index >= 15 is 0 Å². The molecule has 6 nitrogen and oxygen atoms in total. The number of allylic oxidation sites excluding steroid dienone is 1. The Bertz CT molecular complexity index is 779. The van der Waals surface area contributed by atoms with Crippen LogP contribution in [0.15, 0.2) is 35.5 Å². The average Bonchev–Trinajstić information content (AvgIpc) is 2.57. The summed E-state index contributed by atoms with van der Waals surface area (Å²) in [6.45, 7) is 7.90. The topological polar surface area (TPSA) is 70.7 Å². The van der Waals surface area contributed by atoms with Crippen LogP contribution in [0.5, 0.6) is 0 Å². The van der Waals surface area contributed by atoms with E-state index in [0.717, 1.165) is 11.3 Å². The quantitative estimate of drug-likeness (QED) is 0.608. The molecule has 1 amide bonds. The number of benzene rings is 1. The maximum absolute atomic E-state index is 12.3. The van der Waals surface area contributed by atoms with Gasteiger partial charge in [0.1, 0.15) is 0 Å². The summed E-state index contributed by atoms with van der Waals surface area (Å²) in [6, 6.07) is 6.98. The molecule has 0 saturated heterocycles. The number of nitrogens with zero attached hydrogens (tertiary/aromatic N) is 1. The third-order valence-electron chi connectivity index (χ3n) is 4.38. The molecule has 0 bridgehead atoms. The van der Waals surface area contributed by atoms with Gasteiger partial charge in [-0.2, -0.15) is 0 Å². The molecule has 1 atom stereocenters. The molecule has 0 aromatic heterocycles. The van der Waals surface area contributed by atoms with E-state index in [1.807, 2.05) is 52.0 Å². The second-order valence-corrected chi connectivity index (χ2v) is 8.23. The highest BCUT2D eigenvalue weighted by Gasteiger charge is 2.33. The first-order valence-electron chi connectivity index (χ1n) is 8.76. The van der Waals surface area contributed by atoms with Crippen molar-refractivity contribution in [2.75, 3.05) is 19.5 Å². The van der Waals surface area contributed by atoms with Crippen LogP contribution in [0.4, 0.5) is 5.69 Å². The van der Waals surface area contributed by atoms with Crippen molar-refractivity contribution in [2.45, 2.75) is 40.2 Å². The Hall–Kier alpha value is -2.41. The standard InChI is InChI=1S/C20H27N3O3S/c1-12-16(18(25)26-6)17(22-19(27)23(12)5)13-7-9-14(10-8-13)21-15(24)11-20(2,3)4/h7-10,17H,11H2,1-6H3,(H,21,24)(H,22,27)/t17-/m0/s1. The van der Waals surface area contributed by atoms with Gasteiger partial charge in [-0.1, -0.05) is 32.9 Å². The van der Waals surface area contributed by atoms with Crippen LogP contribution in [0, 0.1) is 5.41 Å². The molecule has 146 valence electrons. The van der Waals surface area contributed by atoms with Gasteiger partial charge in [-0.05, 0) is 42.3 Å². The predicted molar refractivity (Wildman–Crippen MR) is 110 cm³/mol. The number of hydrogen-bond acceptors (Lipinski definition) is 4. The van der Waals surface area contributed by atoms with E-state index in [-0.39, 0.29) is 11.3 Å². The number of amides is 1. The molecule has 27 heavy (non-hydrogen) atoms. The SMILES string of the molecule is COC(=O)C1=C(C)N(C)C(=S)N[C@H]1c1ccc(NC(=O)CC(C)(C)C)cc1. The van der Waals surface area contributed by atoms with Crippen molar-refractivity contribution in [3.63, 3.8) is 0 Å². The Kier molecular flexibility index (Phi) is 6.26. The number of thiocarbonyl (C=S) groups is 1. The van der Waals surface area contributed by atoms with Gasteiger partial charge in [0.15, 0.2) is 5.11 Å². The van der Waals surface area contributed by atoms with Crippen LogP contribution in [0.25, 0.3) is 0 Å². The molecule has 0 spiro atoms. The highest BCUT2D eigenvalue weighted by Crippen LogP contribution is 2.31. The van der Waals surface area contributed by atoms with Gasteiger partial charge in [-0.25, -0.2) is 4.79 Å². The monoisotopic (exact) mass is 389 g/mol. The number of carbonyl (C=O) groups is 2. The molecule has 7 heteroatoms. The van der Waals surface area contributed by atoms with Crippen LogP contribution in [0.2, 0.25) is 0 Å². The normalized spacial score (nSPS) is 17.5. The molecular weight excluding hydrogens is 362 g/mol. The maximum Gasteiger partial charge on any atom is 0.337 e. The largest absolute Gasteiger partial charge is 0.466 e. The van der Waals surface area contributed by atoms with Crippen LogP contribution in [-0.4, -0.2) is 36.0 Å². The minimum atomic E-state index is -0.402. The summed E-state index contributed by atoms with van der Waals surface area (Å²) in [6.07, 6.45) is 0.438. The summed E-state index contributed by atoms with van der Waals surface area (Å²) in [5, 5.41) is 6.62. The van der Waals surface area contributed by atoms with Gasteiger partial charge in [0, 0.05) is 24.9 Å². The lowest BCUT2D eigenvalue weighted by Crippen LogP contribution is -2.46. The first-order chi connectivity index (χ1) is 12.5. The van der Waals surface area contributed by atoms with Gasteiger partial charge in [0.25, 0.3) is 0 Å². The Labute approximate surface area is 166 Å². The molecule has 0 saturated carbocycles. The van der Waals surface area contributed by atoms with Crippen LogP contribution < -0.4 is 10.6 Å². The van der Waals surface area contributed by atoms with Gasteiger partial charge < -0.3 is 20.3 Å². The molecule has 0 unspecified atom stereocenters. The van der Waals surface area contributed by atoms with Crippen molar-refractivity contribution in [1.29, 1.82) is 0 Å². The van der Waals surface area contributed by atoms with Gasteiger partial charge >= 0.3 is 5.97 Å². The lowest BCUT2D eigenvalue weighted by Gasteiger charge is -2.35. The predicted octanol–water partition coefficient (Wildman–Crippen LogP) is 3.37. The lowest BCUT2D eigenvalue weighted by atomic mass is 9.92. The Morgan fingerprint density at radius 2 is 1.85 bits per heavy atom. The van der Waals surface area contributed by atoms with Crippen molar-refractivity contribution in [3.8, 4) is 0 Å². The molecule has 1 aromatic rings. The van der Waals surface area contributed by atoms with E-state index in [2.05, 4.69) is 10.6 Å². The van der Waals surface area contributed by atoms with Crippen LogP contribution in [-0.2, 0) is 14.3 Å². The van der Waals surface area contributed by atoms with Gasteiger partial charge in [-0.15, -0.1) is 0 Å². The molecular formula is C20H27N3O3S. The Morgan fingerprint density at radius 1 is 1.26 bits per heavy atom. The molecule has 0 fully saturated rings. The third-order valence-corrected chi connectivity index (χ3v) is 4.77. The summed E-state index contributed by atoms with van der Waals surface area (Å²) in [5.74, 6) is -0.429. The van der Waals surface area contributed by atoms with E-state index in [4.69, 9.17) is 17.0 Å². The number of esters is 1. The smallest absolute Gasteiger partial charge is 0.337 e. The Balaban J connectivity index is 2.25. The van der Waals surface area contributed by atoms with Gasteiger partial charge in [-0.3, -0.25) is 4.79 Å². The number of ether oxygens (including phenoxy) is 1. The van der Waals surface area contributed by atoms with Crippen molar-refractivity contribution < 1.29 is 14.3 Å². The second kappa shape index (κ2) is 8.08. The van der Waals surface area contributed by atoms with Crippen molar-refractivity contribution in [3.05, 3.63) is 41.1 Å². The zero-order valence-corrected chi connectivity index (χ0v) is 17.5. The first kappa shape index (κ1) is 20.9. The van der Waals surface area contributed by atoms with Gasteiger partial charge in [0.05, 0.1) is 18.7 Å². The molecule has 2 N–H and O–H groups in total. The minimum absolute atomic E-state index is 0.0279. The summed E-state index contributed by atoms with van der Waals surface area (Å²) in [7, 11) is 3.16. The summed E-state index contributed by atoms with van der Waals surface area (Å²) < 4.78 is 4.95. The lowest BCUT2D eigenvalue weighted by molar-refractivity contribution is -0.136. The van der Waals surface area contributed by atoms with E-state index in [0.29, 0.717) is 22.8 Å². The molecule has 0 radical (unpaired) electrons. The van der Waals surface area contributed by atoms with E-state index in [1.165, 1.54) is 7.11 Å². The fraction of sp³-hybridized carbons (Fsp3) is 0.450. The van der Waals surface area contributed by atoms with E-state index in [9.17, 15) is 9.59 Å². The molecule has 1 aromatic carbocycles. The highest BCUT2D eigenvalue weighted by atomic mass is 32.1. The first-order valence-corrected chi connectivity index (χ1v) is 9.17. The van der Waals surface area contributed by atoms with Crippen LogP contribution >= 0.6 is 12.2 Å². The molecule has 1 aliphatic heterocycles. The second-order valence-electron chi connectivity index (χ2n) is 7.84. The number of nitrogens with one attached hydrogen (secondary N) is 2. The number of anilines is 1. The van der Waals surface area contributed by atoms with Crippen molar-refractivity contribution in [1.82, 2.24) is 10.2 Å². The number of rotatable bonds is 4. The van der Waals surface area contributed by atoms with Crippen molar-refractivity contribution in [2.24, 2.45) is 5.41 Å². The molecule has 0 aliphatic carbocycles. The summed E-state index contributed by atoms with van der Waals surface area (Å²) in [5.41, 5.74) is 2.76. The number of carbonyl (C=O) groups excluding carboxylic acids is 2. The van der Waals surface area contributed by atoms with E-state index in [1.54, 1.807) is 11.9 Å². The average molecular weight is 390 g/mol. The number of hydrogen-bond donors (Lipinski definition) is 2. The molecule has 1 heterocycles. The number of methoxy groups -OCH3 is 1. The van der Waals surface area contributed by atoms with E-state index < -0.39 is 12.0 Å². The fourth-order valence-electron chi connectivity index (χ4n) is 2.91. The van der Waals surface area contributed by atoms with Crippen LogP contribution in [0.3, 0.4) is 0 Å². The van der Waals surface area contributed by atoms with Gasteiger partial charge in [0.2, 0.25) is 5.91 Å². The van der Waals surface area contributed by atoms with Crippen LogP contribution in [0.1, 0.15) is 45.7 Å². The maximum atomic E-state index is 12.3. The van der Waals surface area contributed by atoms with Crippen molar-refractivity contribution >= 4 is 34.9 Å². The zero-order valence-electron chi connectivity index (χ0n) is 16.7.